The highest BCUT2D eigenvalue weighted by molar-refractivity contribution is 6.31. The van der Waals surface area contributed by atoms with Gasteiger partial charge in [0.15, 0.2) is 0 Å². The summed E-state index contributed by atoms with van der Waals surface area (Å²) in [5.74, 6) is -0.472. The van der Waals surface area contributed by atoms with Crippen LogP contribution in [-0.4, -0.2) is 34.9 Å². The number of nitrogens with zero attached hydrogens (tertiary/aromatic N) is 1. The van der Waals surface area contributed by atoms with Crippen molar-refractivity contribution in [2.75, 3.05) is 13.1 Å². The van der Waals surface area contributed by atoms with E-state index in [1.807, 2.05) is 0 Å². The summed E-state index contributed by atoms with van der Waals surface area (Å²) in [4.78, 5) is 26.3. The second-order valence-electron chi connectivity index (χ2n) is 5.98. The van der Waals surface area contributed by atoms with Crippen LogP contribution >= 0.6 is 24.0 Å². The zero-order chi connectivity index (χ0) is 16.8. The topological polar surface area (TPSA) is 69.6 Å². The first-order valence-corrected chi connectivity index (χ1v) is 8.14. The average Bonchev–Trinajstić information content (AvgIpc) is 2.84. The van der Waals surface area contributed by atoms with Crippen molar-refractivity contribution in [2.45, 2.75) is 12.5 Å². The van der Waals surface area contributed by atoms with Crippen LogP contribution in [0.5, 0.6) is 5.75 Å². The molecule has 2 aromatic rings. The highest BCUT2D eigenvalue weighted by Gasteiger charge is 2.38. The van der Waals surface area contributed by atoms with Gasteiger partial charge in [-0.1, -0.05) is 23.7 Å². The average molecular weight is 379 g/mol. The lowest BCUT2D eigenvalue weighted by Crippen LogP contribution is -2.41. The summed E-state index contributed by atoms with van der Waals surface area (Å²) in [5, 5.41) is 14.1. The number of fused-ring (bicyclic) bond motifs is 2. The molecule has 0 fully saturated rings. The molecule has 0 unspecified atom stereocenters. The first-order chi connectivity index (χ1) is 11.6. The molecular formula is C18H16Cl2N2O3. The summed E-state index contributed by atoms with van der Waals surface area (Å²) in [6, 6.07) is 9.68. The monoisotopic (exact) mass is 378 g/mol. The van der Waals surface area contributed by atoms with Crippen LogP contribution in [0.1, 0.15) is 37.9 Å². The van der Waals surface area contributed by atoms with Crippen LogP contribution in [0, 0.1) is 0 Å². The van der Waals surface area contributed by atoms with Gasteiger partial charge in [-0.3, -0.25) is 14.5 Å². The quantitative estimate of drug-likeness (QED) is 0.788. The molecule has 0 saturated carbocycles. The van der Waals surface area contributed by atoms with Crippen LogP contribution < -0.4 is 5.32 Å². The molecule has 0 radical (unpaired) electrons. The number of rotatable bonds is 2. The molecule has 7 heteroatoms. The molecule has 2 aliphatic heterocycles. The molecule has 130 valence electrons. The molecule has 0 spiro atoms. The molecule has 2 heterocycles. The van der Waals surface area contributed by atoms with E-state index in [1.165, 1.54) is 4.90 Å². The number of nitrogens with one attached hydrogen (secondary N) is 1. The van der Waals surface area contributed by atoms with Gasteiger partial charge in [-0.2, -0.15) is 0 Å². The molecule has 4 rings (SSSR count). The third-order valence-electron chi connectivity index (χ3n) is 4.63. The van der Waals surface area contributed by atoms with Crippen LogP contribution in [0.25, 0.3) is 0 Å². The van der Waals surface area contributed by atoms with Crippen molar-refractivity contribution in [1.82, 2.24) is 10.2 Å². The maximum absolute atomic E-state index is 12.5. The van der Waals surface area contributed by atoms with E-state index >= 15 is 0 Å². The smallest absolute Gasteiger partial charge is 0.261 e. The molecule has 2 aromatic carbocycles. The number of phenolic OH excluding ortho intramolecular Hbond substituents is 1. The maximum Gasteiger partial charge on any atom is 0.261 e. The molecule has 1 atom stereocenters. The minimum absolute atomic E-state index is 0. The van der Waals surface area contributed by atoms with Gasteiger partial charge >= 0.3 is 0 Å². The minimum Gasteiger partial charge on any atom is -0.508 e. The summed E-state index contributed by atoms with van der Waals surface area (Å²) in [6.07, 6.45) is 0.696. The number of hydrogen-bond donors (Lipinski definition) is 2. The Balaban J connectivity index is 0.00000182. The maximum atomic E-state index is 12.5. The highest BCUT2D eigenvalue weighted by Crippen LogP contribution is 2.37. The third-order valence-corrected chi connectivity index (χ3v) is 4.99. The Bertz CT molecular complexity index is 834. The van der Waals surface area contributed by atoms with E-state index in [0.717, 1.165) is 5.56 Å². The summed E-state index contributed by atoms with van der Waals surface area (Å²) in [7, 11) is 0. The normalized spacial score (nSPS) is 18.6. The van der Waals surface area contributed by atoms with Gasteiger partial charge in [0.05, 0.1) is 17.2 Å². The molecular weight excluding hydrogens is 363 g/mol. The fourth-order valence-electron chi connectivity index (χ4n) is 3.49. The summed E-state index contributed by atoms with van der Waals surface area (Å²) < 4.78 is 0. The van der Waals surface area contributed by atoms with Crippen LogP contribution in [0.3, 0.4) is 0 Å². The first-order valence-electron chi connectivity index (χ1n) is 7.77. The van der Waals surface area contributed by atoms with E-state index in [1.54, 1.807) is 36.4 Å². The minimum atomic E-state index is -0.338. The van der Waals surface area contributed by atoms with Gasteiger partial charge < -0.3 is 10.4 Å². The van der Waals surface area contributed by atoms with Crippen molar-refractivity contribution in [2.24, 2.45) is 0 Å². The lowest BCUT2D eigenvalue weighted by Gasteiger charge is -2.30. The van der Waals surface area contributed by atoms with Crippen LogP contribution in [0.2, 0.25) is 5.02 Å². The second kappa shape index (κ2) is 6.67. The number of benzene rings is 2. The van der Waals surface area contributed by atoms with Gasteiger partial charge in [0.1, 0.15) is 5.75 Å². The molecule has 0 saturated heterocycles. The number of hydrogen-bond acceptors (Lipinski definition) is 4. The first kappa shape index (κ1) is 17.7. The number of halogens is 2. The van der Waals surface area contributed by atoms with E-state index in [-0.39, 0.29) is 42.6 Å². The van der Waals surface area contributed by atoms with Gasteiger partial charge in [0, 0.05) is 17.1 Å². The van der Waals surface area contributed by atoms with Crippen molar-refractivity contribution in [3.05, 3.63) is 63.7 Å². The zero-order valence-electron chi connectivity index (χ0n) is 13.2. The molecule has 0 aromatic heterocycles. The van der Waals surface area contributed by atoms with Crippen LogP contribution in [0.15, 0.2) is 36.4 Å². The number of carbonyl (C=O) groups excluding carboxylic acids is 2. The van der Waals surface area contributed by atoms with Crippen molar-refractivity contribution in [3.8, 4) is 5.75 Å². The van der Waals surface area contributed by atoms with Crippen LogP contribution in [-0.2, 0) is 6.42 Å². The molecule has 2 amide bonds. The Hall–Kier alpha value is -2.08. The Morgan fingerprint density at radius 1 is 1.12 bits per heavy atom. The van der Waals surface area contributed by atoms with Crippen molar-refractivity contribution >= 4 is 35.8 Å². The summed E-state index contributed by atoms with van der Waals surface area (Å²) in [5.41, 5.74) is 2.39. The van der Waals surface area contributed by atoms with Gasteiger partial charge in [0.25, 0.3) is 11.8 Å². The lowest BCUT2D eigenvalue weighted by molar-refractivity contribution is 0.0636. The molecule has 5 nitrogen and oxygen atoms in total. The van der Waals surface area contributed by atoms with Gasteiger partial charge in [0.2, 0.25) is 0 Å². The summed E-state index contributed by atoms with van der Waals surface area (Å²) >= 11 is 6.24. The summed E-state index contributed by atoms with van der Waals surface area (Å²) in [6.45, 7) is 0.831. The Morgan fingerprint density at radius 3 is 2.40 bits per heavy atom. The van der Waals surface area contributed by atoms with Crippen molar-refractivity contribution < 1.29 is 14.7 Å². The number of phenols is 1. The van der Waals surface area contributed by atoms with Crippen LogP contribution in [0.4, 0.5) is 0 Å². The Kier molecular flexibility index (Phi) is 4.73. The molecule has 2 N–H and O–H groups in total. The predicted octanol–water partition coefficient (Wildman–Crippen LogP) is 2.95. The van der Waals surface area contributed by atoms with Gasteiger partial charge in [-0.25, -0.2) is 0 Å². The standard InChI is InChI=1S/C18H15ClN2O3.ClH/c19-13-5-6-15(22)16-12(13)7-8-20-14(16)9-21-17(23)10-3-1-2-4-11(10)18(21)24;/h1-6,14,20,22H,7-9H2;1H/t14-;/m1./s1. The van der Waals surface area contributed by atoms with Crippen molar-refractivity contribution in [1.29, 1.82) is 0 Å². The molecule has 0 aliphatic carbocycles. The number of aromatic hydroxyl groups is 1. The Morgan fingerprint density at radius 2 is 1.76 bits per heavy atom. The number of amides is 2. The Labute approximate surface area is 156 Å². The third kappa shape index (κ3) is 2.78. The van der Waals surface area contributed by atoms with E-state index in [9.17, 15) is 14.7 Å². The van der Waals surface area contributed by atoms with E-state index in [2.05, 4.69) is 5.32 Å². The fraction of sp³-hybridized carbons (Fsp3) is 0.222. The largest absolute Gasteiger partial charge is 0.508 e. The van der Waals surface area contributed by atoms with E-state index in [4.69, 9.17) is 11.6 Å². The predicted molar refractivity (Wildman–Crippen MR) is 96.6 cm³/mol. The number of imide groups is 1. The number of carbonyl (C=O) groups is 2. The lowest BCUT2D eigenvalue weighted by atomic mass is 9.93. The van der Waals surface area contributed by atoms with E-state index < -0.39 is 0 Å². The van der Waals surface area contributed by atoms with Gasteiger partial charge in [-0.15, -0.1) is 12.4 Å². The second-order valence-corrected chi connectivity index (χ2v) is 6.39. The van der Waals surface area contributed by atoms with Crippen molar-refractivity contribution in [3.63, 3.8) is 0 Å². The molecule has 0 bridgehead atoms. The molecule has 2 aliphatic rings. The van der Waals surface area contributed by atoms with Gasteiger partial charge in [-0.05, 0) is 42.8 Å². The highest BCUT2D eigenvalue weighted by atomic mass is 35.5. The van der Waals surface area contributed by atoms with E-state index in [0.29, 0.717) is 34.7 Å². The SMILES string of the molecule is Cl.O=C1c2ccccc2C(=O)N1C[C@H]1NCCc2c(Cl)ccc(O)c21. The zero-order valence-corrected chi connectivity index (χ0v) is 14.7. The molecule has 25 heavy (non-hydrogen) atoms. The fourth-order valence-corrected chi connectivity index (χ4v) is 3.74.